The molecule has 0 spiro atoms. The van der Waals surface area contributed by atoms with E-state index in [4.69, 9.17) is 13.9 Å². The predicted octanol–water partition coefficient (Wildman–Crippen LogP) is 1.90. The molecule has 0 aliphatic carbocycles. The number of aliphatic imine (C=N–C) groups is 1. The fourth-order valence-electron chi connectivity index (χ4n) is 3.07. The number of furan rings is 1. The Labute approximate surface area is 154 Å². The topological polar surface area (TPSA) is 59.2 Å². The molecule has 2 aliphatic rings. The van der Waals surface area contributed by atoms with Crippen LogP contribution in [0, 0.1) is 0 Å². The zero-order chi connectivity index (χ0) is 15.2. The minimum atomic E-state index is 0. The van der Waals surface area contributed by atoms with E-state index in [0.29, 0.717) is 0 Å². The lowest BCUT2D eigenvalue weighted by Crippen LogP contribution is -2.53. The zero-order valence-electron chi connectivity index (χ0n) is 13.6. The van der Waals surface area contributed by atoms with Gasteiger partial charge in [0.1, 0.15) is 11.9 Å². The molecule has 3 heterocycles. The molecule has 0 aromatic carbocycles. The molecule has 2 atom stereocenters. The highest BCUT2D eigenvalue weighted by molar-refractivity contribution is 14.0. The van der Waals surface area contributed by atoms with E-state index in [9.17, 15) is 0 Å². The maximum atomic E-state index is 5.89. The number of morpholine rings is 1. The molecule has 0 radical (unpaired) electrons. The molecule has 0 saturated carbocycles. The minimum absolute atomic E-state index is 0. The molecule has 3 rings (SSSR count). The van der Waals surface area contributed by atoms with E-state index in [2.05, 4.69) is 15.2 Å². The second-order valence-corrected chi connectivity index (χ2v) is 5.71. The van der Waals surface area contributed by atoms with Crippen LogP contribution in [0.4, 0.5) is 0 Å². The number of nitrogens with zero attached hydrogens (tertiary/aromatic N) is 2. The van der Waals surface area contributed by atoms with Gasteiger partial charge in [-0.3, -0.25) is 4.99 Å². The van der Waals surface area contributed by atoms with Gasteiger partial charge in [0.15, 0.2) is 5.96 Å². The molecule has 2 fully saturated rings. The second-order valence-electron chi connectivity index (χ2n) is 5.71. The third-order valence-corrected chi connectivity index (χ3v) is 4.22. The van der Waals surface area contributed by atoms with Gasteiger partial charge in [0.25, 0.3) is 0 Å². The highest BCUT2D eigenvalue weighted by Gasteiger charge is 2.32. The quantitative estimate of drug-likeness (QED) is 0.445. The fourth-order valence-corrected chi connectivity index (χ4v) is 3.07. The Bertz CT molecular complexity index is 475. The van der Waals surface area contributed by atoms with Gasteiger partial charge in [-0.15, -0.1) is 24.0 Å². The average molecular weight is 435 g/mol. The molecule has 2 unspecified atom stereocenters. The third kappa shape index (κ3) is 5.09. The first-order chi connectivity index (χ1) is 10.9. The van der Waals surface area contributed by atoms with E-state index in [1.807, 2.05) is 19.2 Å². The number of hydrogen-bond donors (Lipinski definition) is 1. The van der Waals surface area contributed by atoms with Gasteiger partial charge < -0.3 is 24.1 Å². The van der Waals surface area contributed by atoms with E-state index in [-0.39, 0.29) is 36.2 Å². The lowest BCUT2D eigenvalue weighted by Gasteiger charge is -2.37. The summed E-state index contributed by atoms with van der Waals surface area (Å²) in [5.41, 5.74) is 0. The molecule has 1 aromatic heterocycles. The first-order valence-electron chi connectivity index (χ1n) is 8.08. The summed E-state index contributed by atoms with van der Waals surface area (Å²) in [6, 6.07) is 3.91. The van der Waals surface area contributed by atoms with E-state index < -0.39 is 0 Å². The van der Waals surface area contributed by atoms with Crippen molar-refractivity contribution in [2.45, 2.75) is 31.5 Å². The van der Waals surface area contributed by atoms with Gasteiger partial charge in [0.05, 0.1) is 19.0 Å². The van der Waals surface area contributed by atoms with Crippen LogP contribution in [0.3, 0.4) is 0 Å². The Morgan fingerprint density at radius 1 is 1.35 bits per heavy atom. The van der Waals surface area contributed by atoms with Crippen LogP contribution >= 0.6 is 24.0 Å². The molecule has 1 N–H and O–H groups in total. The van der Waals surface area contributed by atoms with E-state index >= 15 is 0 Å². The Hall–Kier alpha value is -0.800. The van der Waals surface area contributed by atoms with Crippen LogP contribution in [0.15, 0.2) is 27.8 Å². The number of rotatable bonds is 4. The Kier molecular flexibility index (Phi) is 7.64. The summed E-state index contributed by atoms with van der Waals surface area (Å²) in [6.45, 7) is 4.10. The van der Waals surface area contributed by atoms with Gasteiger partial charge in [-0.1, -0.05) is 0 Å². The largest absolute Gasteiger partial charge is 0.469 e. The van der Waals surface area contributed by atoms with Gasteiger partial charge in [-0.2, -0.15) is 0 Å². The van der Waals surface area contributed by atoms with Crippen molar-refractivity contribution in [2.24, 2.45) is 4.99 Å². The molecule has 130 valence electrons. The van der Waals surface area contributed by atoms with Crippen LogP contribution < -0.4 is 5.32 Å². The summed E-state index contributed by atoms with van der Waals surface area (Å²) >= 11 is 0. The van der Waals surface area contributed by atoms with E-state index in [1.165, 1.54) is 0 Å². The lowest BCUT2D eigenvalue weighted by atomic mass is 10.1. The predicted molar refractivity (Wildman–Crippen MR) is 99.5 cm³/mol. The molecule has 23 heavy (non-hydrogen) atoms. The number of hydrogen-bond acceptors (Lipinski definition) is 4. The fraction of sp³-hybridized carbons (Fsp3) is 0.688. The Morgan fingerprint density at radius 3 is 2.91 bits per heavy atom. The molecular weight excluding hydrogens is 409 g/mol. The van der Waals surface area contributed by atoms with Crippen LogP contribution in [0.25, 0.3) is 0 Å². The van der Waals surface area contributed by atoms with Crippen LogP contribution in [0.1, 0.15) is 18.6 Å². The van der Waals surface area contributed by atoms with E-state index in [0.717, 1.165) is 63.8 Å². The first kappa shape index (κ1) is 18.5. The molecule has 1 aromatic rings. The Morgan fingerprint density at radius 2 is 2.22 bits per heavy atom. The molecule has 6 nitrogen and oxygen atoms in total. The number of halogens is 1. The number of nitrogens with one attached hydrogen (secondary N) is 1. The van der Waals surface area contributed by atoms with Crippen LogP contribution in [-0.2, 0) is 15.9 Å². The summed E-state index contributed by atoms with van der Waals surface area (Å²) in [6.07, 6.45) is 5.19. The smallest absolute Gasteiger partial charge is 0.193 e. The van der Waals surface area contributed by atoms with Crippen molar-refractivity contribution in [3.63, 3.8) is 0 Å². The summed E-state index contributed by atoms with van der Waals surface area (Å²) < 4.78 is 17.0. The normalized spacial score (nSPS) is 25.3. The summed E-state index contributed by atoms with van der Waals surface area (Å²) in [5, 5.41) is 3.41. The van der Waals surface area contributed by atoms with Crippen molar-refractivity contribution in [3.8, 4) is 0 Å². The maximum Gasteiger partial charge on any atom is 0.193 e. The Balaban J connectivity index is 0.00000192. The monoisotopic (exact) mass is 435 g/mol. The summed E-state index contributed by atoms with van der Waals surface area (Å²) in [7, 11) is 1.83. The van der Waals surface area contributed by atoms with E-state index in [1.54, 1.807) is 6.26 Å². The second kappa shape index (κ2) is 9.48. The van der Waals surface area contributed by atoms with Gasteiger partial charge >= 0.3 is 0 Å². The highest BCUT2D eigenvalue weighted by Crippen LogP contribution is 2.21. The number of guanidine groups is 1. The zero-order valence-corrected chi connectivity index (χ0v) is 15.9. The lowest BCUT2D eigenvalue weighted by molar-refractivity contribution is -0.0816. The number of ether oxygens (including phenoxy) is 2. The average Bonchev–Trinajstić information content (AvgIpc) is 3.25. The van der Waals surface area contributed by atoms with Crippen LogP contribution in [0.2, 0.25) is 0 Å². The van der Waals surface area contributed by atoms with Crippen molar-refractivity contribution in [2.75, 3.05) is 39.9 Å². The van der Waals surface area contributed by atoms with Crippen molar-refractivity contribution in [1.82, 2.24) is 10.2 Å². The van der Waals surface area contributed by atoms with Crippen molar-refractivity contribution in [3.05, 3.63) is 24.2 Å². The molecule has 0 amide bonds. The summed E-state index contributed by atoms with van der Waals surface area (Å²) in [4.78, 5) is 6.66. The van der Waals surface area contributed by atoms with Crippen molar-refractivity contribution < 1.29 is 13.9 Å². The van der Waals surface area contributed by atoms with Gasteiger partial charge in [-0.25, -0.2) is 0 Å². The first-order valence-corrected chi connectivity index (χ1v) is 8.08. The molecular formula is C16H26IN3O3. The van der Waals surface area contributed by atoms with Crippen LogP contribution in [0.5, 0.6) is 0 Å². The van der Waals surface area contributed by atoms with Gasteiger partial charge in [-0.05, 0) is 25.0 Å². The maximum absolute atomic E-state index is 5.89. The standard InChI is InChI=1S/C16H25N3O3.HI/c1-17-16(18-7-6-13-4-2-9-20-13)19-8-11-22-15(12-19)14-5-3-10-21-14;/h2,4,9,14-15H,3,5-8,10-12H2,1H3,(H,17,18);1H. The molecule has 7 heteroatoms. The van der Waals surface area contributed by atoms with Crippen molar-refractivity contribution in [1.29, 1.82) is 0 Å². The van der Waals surface area contributed by atoms with Crippen molar-refractivity contribution >= 4 is 29.9 Å². The molecule has 2 saturated heterocycles. The summed E-state index contributed by atoms with van der Waals surface area (Å²) in [5.74, 6) is 1.92. The molecule has 2 aliphatic heterocycles. The SMILES string of the molecule is CN=C(NCCc1ccco1)N1CCOC(C2CCCO2)C1.I. The van der Waals surface area contributed by atoms with Crippen LogP contribution in [-0.4, -0.2) is 63.0 Å². The highest BCUT2D eigenvalue weighted by atomic mass is 127. The molecule has 0 bridgehead atoms. The third-order valence-electron chi connectivity index (χ3n) is 4.22. The van der Waals surface area contributed by atoms with Gasteiger partial charge in [0.2, 0.25) is 0 Å². The van der Waals surface area contributed by atoms with Gasteiger partial charge in [0, 0.05) is 39.7 Å². The minimum Gasteiger partial charge on any atom is -0.469 e.